The fourth-order valence-corrected chi connectivity index (χ4v) is 3.89. The van der Waals surface area contributed by atoms with E-state index >= 15 is 0 Å². The van der Waals surface area contributed by atoms with Crippen molar-refractivity contribution in [1.29, 1.82) is 0 Å². The lowest BCUT2D eigenvalue weighted by atomic mass is 9.90. The Kier molecular flexibility index (Phi) is 4.61. The number of fused-ring (bicyclic) bond motifs is 1. The Balaban J connectivity index is 1.44. The van der Waals surface area contributed by atoms with Gasteiger partial charge in [0.2, 0.25) is 0 Å². The zero-order valence-electron chi connectivity index (χ0n) is 14.8. The number of likely N-dealkylation sites (tertiary alicyclic amines) is 1. The van der Waals surface area contributed by atoms with Gasteiger partial charge in [0, 0.05) is 18.5 Å². The van der Waals surface area contributed by atoms with Crippen LogP contribution >= 0.6 is 0 Å². The van der Waals surface area contributed by atoms with Crippen molar-refractivity contribution in [2.24, 2.45) is 5.92 Å². The summed E-state index contributed by atoms with van der Waals surface area (Å²) >= 11 is 0. The predicted octanol–water partition coefficient (Wildman–Crippen LogP) is 4.64. The van der Waals surface area contributed by atoms with E-state index in [-0.39, 0.29) is 11.7 Å². The summed E-state index contributed by atoms with van der Waals surface area (Å²) in [5.74, 6) is 0.651. The van der Waals surface area contributed by atoms with Crippen molar-refractivity contribution in [1.82, 2.24) is 4.90 Å². The molecule has 26 heavy (non-hydrogen) atoms. The minimum Gasteiger partial charge on any atom is -0.506 e. The van der Waals surface area contributed by atoms with Crippen LogP contribution < -0.4 is 0 Å². The highest BCUT2D eigenvalue weighted by atomic mass is 16.3. The van der Waals surface area contributed by atoms with Gasteiger partial charge in [-0.1, -0.05) is 60.7 Å². The number of carbonyl (C=O) groups excluding carboxylic acids is 1. The molecule has 3 aromatic carbocycles. The second-order valence-corrected chi connectivity index (χ2v) is 7.11. The standard InChI is InChI=1S/C23H23NO2/c25-22-20-9-5-4-8-19(20)10-11-21(22)23(26)24-14-12-18(13-15-24)16-17-6-2-1-3-7-17/h1-11,18,25H,12-16H2. The van der Waals surface area contributed by atoms with E-state index in [2.05, 4.69) is 24.3 Å². The smallest absolute Gasteiger partial charge is 0.257 e. The van der Waals surface area contributed by atoms with Gasteiger partial charge in [0.05, 0.1) is 5.56 Å². The first kappa shape index (κ1) is 16.6. The Bertz CT molecular complexity index is 912. The summed E-state index contributed by atoms with van der Waals surface area (Å²) in [6.07, 6.45) is 3.09. The van der Waals surface area contributed by atoms with Crippen LogP contribution in [0.4, 0.5) is 0 Å². The SMILES string of the molecule is O=C(c1ccc2ccccc2c1O)N1CCC(Cc2ccccc2)CC1. The van der Waals surface area contributed by atoms with Gasteiger partial charge in [-0.3, -0.25) is 4.79 Å². The summed E-state index contributed by atoms with van der Waals surface area (Å²) in [6.45, 7) is 1.51. The summed E-state index contributed by atoms with van der Waals surface area (Å²) in [6, 6.07) is 21.8. The van der Waals surface area contributed by atoms with Gasteiger partial charge in [-0.25, -0.2) is 0 Å². The molecule has 0 spiro atoms. The molecule has 3 heteroatoms. The molecule has 4 rings (SSSR count). The first-order valence-corrected chi connectivity index (χ1v) is 9.26. The van der Waals surface area contributed by atoms with Gasteiger partial charge in [0.25, 0.3) is 5.91 Å². The van der Waals surface area contributed by atoms with Crippen molar-refractivity contribution in [3.8, 4) is 5.75 Å². The topological polar surface area (TPSA) is 40.5 Å². The third-order valence-corrected chi connectivity index (χ3v) is 5.40. The molecular formula is C23H23NO2. The molecule has 1 heterocycles. The third-order valence-electron chi connectivity index (χ3n) is 5.40. The molecule has 3 nitrogen and oxygen atoms in total. The van der Waals surface area contributed by atoms with Crippen molar-refractivity contribution < 1.29 is 9.90 Å². The fourth-order valence-electron chi connectivity index (χ4n) is 3.89. The average molecular weight is 345 g/mol. The van der Waals surface area contributed by atoms with E-state index in [4.69, 9.17) is 0 Å². The summed E-state index contributed by atoms with van der Waals surface area (Å²) in [5, 5.41) is 12.2. The Morgan fingerprint density at radius 2 is 1.62 bits per heavy atom. The number of benzene rings is 3. The minimum atomic E-state index is -0.0635. The maximum absolute atomic E-state index is 12.9. The molecule has 132 valence electrons. The van der Waals surface area contributed by atoms with Gasteiger partial charge >= 0.3 is 0 Å². The van der Waals surface area contributed by atoms with Crippen LogP contribution in [0.1, 0.15) is 28.8 Å². The lowest BCUT2D eigenvalue weighted by Crippen LogP contribution is -2.38. The van der Waals surface area contributed by atoms with Crippen LogP contribution in [0, 0.1) is 5.92 Å². The molecule has 3 aromatic rings. The Morgan fingerprint density at radius 1 is 0.923 bits per heavy atom. The van der Waals surface area contributed by atoms with E-state index in [1.807, 2.05) is 41.3 Å². The Hall–Kier alpha value is -2.81. The van der Waals surface area contributed by atoms with Gasteiger partial charge in [0.1, 0.15) is 5.75 Å². The number of amides is 1. The molecule has 0 unspecified atom stereocenters. The number of nitrogens with zero attached hydrogens (tertiary/aromatic N) is 1. The van der Waals surface area contributed by atoms with Gasteiger partial charge in [-0.15, -0.1) is 0 Å². The maximum atomic E-state index is 12.9. The van der Waals surface area contributed by atoms with Gasteiger partial charge in [-0.2, -0.15) is 0 Å². The molecule has 1 aliphatic rings. The largest absolute Gasteiger partial charge is 0.506 e. The van der Waals surface area contributed by atoms with Crippen molar-refractivity contribution >= 4 is 16.7 Å². The van der Waals surface area contributed by atoms with E-state index in [0.29, 0.717) is 11.5 Å². The highest BCUT2D eigenvalue weighted by Gasteiger charge is 2.25. The van der Waals surface area contributed by atoms with E-state index in [1.165, 1.54) is 5.56 Å². The summed E-state index contributed by atoms with van der Waals surface area (Å²) in [5.41, 5.74) is 1.77. The number of hydrogen-bond donors (Lipinski definition) is 1. The first-order chi connectivity index (χ1) is 12.7. The summed E-state index contributed by atoms with van der Waals surface area (Å²) in [4.78, 5) is 14.8. The minimum absolute atomic E-state index is 0.0635. The quantitative estimate of drug-likeness (QED) is 0.751. The van der Waals surface area contributed by atoms with E-state index in [0.717, 1.165) is 43.1 Å². The molecule has 1 saturated heterocycles. The summed E-state index contributed by atoms with van der Waals surface area (Å²) in [7, 11) is 0. The molecule has 0 aromatic heterocycles. The van der Waals surface area contributed by atoms with Crippen LogP contribution in [0.2, 0.25) is 0 Å². The van der Waals surface area contributed by atoms with Crippen molar-refractivity contribution in [3.63, 3.8) is 0 Å². The van der Waals surface area contributed by atoms with E-state index in [9.17, 15) is 9.90 Å². The van der Waals surface area contributed by atoms with Gasteiger partial charge < -0.3 is 10.0 Å². The fraction of sp³-hybridized carbons (Fsp3) is 0.261. The average Bonchev–Trinajstić information content (AvgIpc) is 2.69. The third kappa shape index (κ3) is 3.30. The number of carbonyl (C=O) groups is 1. The number of phenols is 1. The number of piperidine rings is 1. The Labute approximate surface area is 153 Å². The van der Waals surface area contributed by atoms with Crippen LogP contribution in [0.3, 0.4) is 0 Å². The summed E-state index contributed by atoms with van der Waals surface area (Å²) < 4.78 is 0. The molecule has 1 amide bonds. The number of aromatic hydroxyl groups is 1. The highest BCUT2D eigenvalue weighted by Crippen LogP contribution is 2.31. The van der Waals surface area contributed by atoms with Crippen LogP contribution in [0.15, 0.2) is 66.7 Å². The number of rotatable bonds is 3. The number of phenolic OH excluding ortho intramolecular Hbond substituents is 1. The lowest BCUT2D eigenvalue weighted by Gasteiger charge is -2.32. The second kappa shape index (κ2) is 7.20. The molecule has 1 fully saturated rings. The van der Waals surface area contributed by atoms with Gasteiger partial charge in [-0.05, 0) is 42.2 Å². The maximum Gasteiger partial charge on any atom is 0.257 e. The highest BCUT2D eigenvalue weighted by molar-refractivity contribution is 6.03. The molecule has 0 bridgehead atoms. The molecule has 0 atom stereocenters. The van der Waals surface area contributed by atoms with Crippen LogP contribution in [0.5, 0.6) is 5.75 Å². The molecule has 1 aliphatic heterocycles. The molecule has 0 saturated carbocycles. The van der Waals surface area contributed by atoms with Crippen molar-refractivity contribution in [2.45, 2.75) is 19.3 Å². The van der Waals surface area contributed by atoms with Crippen molar-refractivity contribution in [3.05, 3.63) is 77.9 Å². The monoisotopic (exact) mass is 345 g/mol. The van der Waals surface area contributed by atoms with Crippen LogP contribution in [-0.2, 0) is 6.42 Å². The molecule has 0 aliphatic carbocycles. The second-order valence-electron chi connectivity index (χ2n) is 7.11. The first-order valence-electron chi connectivity index (χ1n) is 9.26. The van der Waals surface area contributed by atoms with Crippen molar-refractivity contribution in [2.75, 3.05) is 13.1 Å². The molecule has 1 N–H and O–H groups in total. The van der Waals surface area contributed by atoms with E-state index in [1.54, 1.807) is 6.07 Å². The molecular weight excluding hydrogens is 322 g/mol. The zero-order valence-corrected chi connectivity index (χ0v) is 14.8. The normalized spacial score (nSPS) is 15.3. The predicted molar refractivity (Wildman–Crippen MR) is 104 cm³/mol. The van der Waals surface area contributed by atoms with E-state index < -0.39 is 0 Å². The van der Waals surface area contributed by atoms with Gasteiger partial charge in [0.15, 0.2) is 0 Å². The lowest BCUT2D eigenvalue weighted by molar-refractivity contribution is 0.0688. The molecule has 0 radical (unpaired) electrons. The number of hydrogen-bond acceptors (Lipinski definition) is 2. The zero-order chi connectivity index (χ0) is 17.9. The van der Waals surface area contributed by atoms with Crippen LogP contribution in [0.25, 0.3) is 10.8 Å². The Morgan fingerprint density at radius 3 is 2.38 bits per heavy atom. The van der Waals surface area contributed by atoms with Crippen LogP contribution in [-0.4, -0.2) is 29.0 Å².